The van der Waals surface area contributed by atoms with Gasteiger partial charge in [0.05, 0.1) is 42.5 Å². The predicted molar refractivity (Wildman–Crippen MR) is 165 cm³/mol. The minimum atomic E-state index is -4.95. The van der Waals surface area contributed by atoms with Crippen molar-refractivity contribution >= 4 is 5.78 Å². The zero-order chi connectivity index (χ0) is 33.5. The predicted octanol–water partition coefficient (Wildman–Crippen LogP) is 9.38. The Labute approximate surface area is 273 Å². The molecule has 47 heavy (non-hydrogen) atoms. The van der Waals surface area contributed by atoms with Gasteiger partial charge >= 0.3 is 12.4 Å². The van der Waals surface area contributed by atoms with Gasteiger partial charge in [-0.3, -0.25) is 9.69 Å². The van der Waals surface area contributed by atoms with Crippen molar-refractivity contribution in [1.82, 2.24) is 4.90 Å². The second-order valence-corrected chi connectivity index (χ2v) is 14.7. The number of Topliss-reactive ketones (excluding diaryl/α,β-unsaturated/α-hetero) is 1. The van der Waals surface area contributed by atoms with E-state index in [2.05, 4.69) is 4.90 Å². The van der Waals surface area contributed by atoms with Crippen LogP contribution in [0.1, 0.15) is 99.5 Å². The second-order valence-electron chi connectivity index (χ2n) is 14.7. The summed E-state index contributed by atoms with van der Waals surface area (Å²) >= 11 is 0. The Balaban J connectivity index is 1.33. The zero-order valence-corrected chi connectivity index (χ0v) is 27.0. The van der Waals surface area contributed by atoms with Crippen LogP contribution in [0.2, 0.25) is 0 Å². The highest BCUT2D eigenvalue weighted by molar-refractivity contribution is 5.80. The van der Waals surface area contributed by atoms with Crippen LogP contribution < -0.4 is 0 Å². The fourth-order valence-electron chi connectivity index (χ4n) is 7.88. The first-order chi connectivity index (χ1) is 22.3. The van der Waals surface area contributed by atoms with Crippen LogP contribution in [0.4, 0.5) is 26.3 Å². The van der Waals surface area contributed by atoms with Crippen molar-refractivity contribution < 1.29 is 40.6 Å². The van der Waals surface area contributed by atoms with Gasteiger partial charge < -0.3 is 9.47 Å². The van der Waals surface area contributed by atoms with Gasteiger partial charge in [-0.2, -0.15) is 26.3 Å². The number of carbonyl (C=O) groups is 1. The molecule has 2 unspecified atom stereocenters. The molecule has 0 N–H and O–H groups in total. The Morgan fingerprint density at radius 1 is 0.872 bits per heavy atom. The second kappa shape index (κ2) is 13.5. The molecule has 2 saturated heterocycles. The van der Waals surface area contributed by atoms with Crippen LogP contribution in [0, 0.1) is 23.2 Å². The molecule has 10 heteroatoms. The summed E-state index contributed by atoms with van der Waals surface area (Å²) in [7, 11) is 0. The summed E-state index contributed by atoms with van der Waals surface area (Å²) in [5, 5.41) is 0. The molecule has 4 nitrogen and oxygen atoms in total. The molecule has 0 radical (unpaired) electrons. The lowest BCUT2D eigenvalue weighted by Crippen LogP contribution is -2.61. The molecule has 4 aliphatic rings. The van der Waals surface area contributed by atoms with Crippen LogP contribution >= 0.6 is 0 Å². The summed E-state index contributed by atoms with van der Waals surface area (Å²) in [4.78, 5) is 15.7. The van der Waals surface area contributed by atoms with Gasteiger partial charge in [-0.05, 0) is 98.9 Å². The Hall–Kier alpha value is -2.43. The summed E-state index contributed by atoms with van der Waals surface area (Å²) in [5.74, 6) is 1.87. The topological polar surface area (TPSA) is 38.8 Å². The van der Waals surface area contributed by atoms with Crippen LogP contribution in [0.25, 0.3) is 0 Å². The maximum absolute atomic E-state index is 13.7. The smallest absolute Gasteiger partial charge is 0.381 e. The number of carbonyl (C=O) groups excluding carboxylic acids is 1. The number of halogens is 6. The number of hydrogen-bond acceptors (Lipinski definition) is 4. The Kier molecular flexibility index (Phi) is 9.87. The first kappa shape index (κ1) is 34.4. The van der Waals surface area contributed by atoms with Gasteiger partial charge in [-0.1, -0.05) is 43.2 Å². The van der Waals surface area contributed by atoms with Gasteiger partial charge in [0.15, 0.2) is 0 Å². The SMILES string of the molecule is C[C@@H](OC[C@@]1(c2ccccc2)CC[C@]2(COCC3CC3)CN1CC(=O)CCCC2CC1CC1)c1cc(C(F)(F)F)cc(C(F)(F)F)c1. The summed E-state index contributed by atoms with van der Waals surface area (Å²) in [6.45, 7) is 3.69. The van der Waals surface area contributed by atoms with E-state index in [0.717, 1.165) is 50.0 Å². The zero-order valence-electron chi connectivity index (χ0n) is 27.0. The Bertz CT molecular complexity index is 1360. The van der Waals surface area contributed by atoms with Crippen molar-refractivity contribution in [2.75, 3.05) is 32.9 Å². The molecule has 0 spiro atoms. The average molecular weight is 666 g/mol. The van der Waals surface area contributed by atoms with Gasteiger partial charge in [0.25, 0.3) is 0 Å². The van der Waals surface area contributed by atoms with E-state index < -0.39 is 35.1 Å². The van der Waals surface area contributed by atoms with E-state index >= 15 is 0 Å². The molecule has 2 aromatic carbocycles. The Morgan fingerprint density at radius 3 is 2.15 bits per heavy atom. The summed E-state index contributed by atoms with van der Waals surface area (Å²) in [5.41, 5.74) is -2.96. The van der Waals surface area contributed by atoms with Crippen LogP contribution in [0.5, 0.6) is 0 Å². The highest BCUT2D eigenvalue weighted by atomic mass is 19.4. The molecule has 4 fully saturated rings. The van der Waals surface area contributed by atoms with Crippen LogP contribution in [-0.2, 0) is 32.2 Å². The molecule has 6 rings (SSSR count). The highest BCUT2D eigenvalue weighted by Crippen LogP contribution is 2.53. The van der Waals surface area contributed by atoms with E-state index in [9.17, 15) is 31.1 Å². The quantitative estimate of drug-likeness (QED) is 0.224. The van der Waals surface area contributed by atoms with E-state index in [1.54, 1.807) is 0 Å². The average Bonchev–Trinajstić information content (AvgIpc) is 3.96. The third-order valence-electron chi connectivity index (χ3n) is 11.1. The lowest BCUT2D eigenvalue weighted by atomic mass is 9.63. The summed E-state index contributed by atoms with van der Waals surface area (Å²) in [6.07, 6.45) is -1.23. The number of piperidine rings is 1. The molecule has 2 aliphatic heterocycles. The number of benzene rings is 2. The number of ketones is 1. The fraction of sp³-hybridized carbons (Fsp3) is 0.649. The van der Waals surface area contributed by atoms with Gasteiger partial charge in [0, 0.05) is 25.0 Å². The lowest BCUT2D eigenvalue weighted by molar-refractivity contribution is -0.143. The van der Waals surface area contributed by atoms with Crippen LogP contribution in [0.15, 0.2) is 48.5 Å². The van der Waals surface area contributed by atoms with Gasteiger partial charge in [0.2, 0.25) is 0 Å². The van der Waals surface area contributed by atoms with Crippen molar-refractivity contribution in [2.24, 2.45) is 23.2 Å². The first-order valence-corrected chi connectivity index (χ1v) is 17.1. The maximum atomic E-state index is 13.7. The number of nitrogens with zero attached hydrogens (tertiary/aromatic N) is 1. The molecular weight excluding hydrogens is 620 g/mol. The van der Waals surface area contributed by atoms with Gasteiger partial charge in [-0.25, -0.2) is 0 Å². The van der Waals surface area contributed by atoms with Gasteiger partial charge in [0.1, 0.15) is 5.78 Å². The highest BCUT2D eigenvalue weighted by Gasteiger charge is 2.53. The van der Waals surface area contributed by atoms with Gasteiger partial charge in [-0.15, -0.1) is 0 Å². The molecule has 2 aliphatic carbocycles. The molecule has 2 saturated carbocycles. The molecule has 0 amide bonds. The van der Waals surface area contributed by atoms with E-state index in [0.29, 0.717) is 43.7 Å². The maximum Gasteiger partial charge on any atom is 0.416 e. The normalized spacial score (nSPS) is 29.6. The largest absolute Gasteiger partial charge is 0.416 e. The van der Waals surface area contributed by atoms with Crippen molar-refractivity contribution in [3.05, 3.63) is 70.8 Å². The molecular formula is C37H45F6NO3. The van der Waals surface area contributed by atoms with Crippen molar-refractivity contribution in [1.29, 1.82) is 0 Å². The van der Waals surface area contributed by atoms with Crippen molar-refractivity contribution in [3.8, 4) is 0 Å². The molecule has 0 aromatic heterocycles. The molecule has 2 aromatic rings. The number of rotatable bonds is 11. The number of alkyl halides is 6. The molecule has 2 heterocycles. The minimum Gasteiger partial charge on any atom is -0.381 e. The first-order valence-electron chi connectivity index (χ1n) is 17.1. The van der Waals surface area contributed by atoms with Crippen molar-refractivity contribution in [3.63, 3.8) is 0 Å². The summed E-state index contributed by atoms with van der Waals surface area (Å²) < 4.78 is 94.8. The fourth-order valence-corrected chi connectivity index (χ4v) is 7.88. The number of ether oxygens (including phenoxy) is 2. The van der Waals surface area contributed by atoms with Crippen LogP contribution in [-0.4, -0.2) is 43.6 Å². The van der Waals surface area contributed by atoms with E-state index in [1.165, 1.54) is 32.6 Å². The molecule has 5 atom stereocenters. The van der Waals surface area contributed by atoms with Crippen molar-refractivity contribution in [2.45, 2.75) is 95.1 Å². The monoisotopic (exact) mass is 665 g/mol. The third-order valence-corrected chi connectivity index (χ3v) is 11.1. The van der Waals surface area contributed by atoms with E-state index in [1.807, 2.05) is 30.3 Å². The Morgan fingerprint density at radius 2 is 1.53 bits per heavy atom. The third kappa shape index (κ3) is 8.07. The molecule has 2 bridgehead atoms. The van der Waals surface area contributed by atoms with E-state index in [4.69, 9.17) is 9.47 Å². The minimum absolute atomic E-state index is 0.00929. The number of hydrogen-bond donors (Lipinski definition) is 0. The number of fused-ring (bicyclic) bond motifs is 2. The van der Waals surface area contributed by atoms with Crippen LogP contribution in [0.3, 0.4) is 0 Å². The summed E-state index contributed by atoms with van der Waals surface area (Å²) in [6, 6.07) is 11.3. The standard InChI is InChI=1S/C37H45F6NO3/c1-25(28-17-31(36(38,39)40)19-32(18-28)37(41,42)43)47-24-35(29-6-3-2-4-7-29)15-14-34(23-46-21-27-12-13-27)22-44(35)20-33(45)9-5-8-30(34)16-26-10-11-26/h2-4,6-7,17-19,25-27,30H,5,8-16,20-24H2,1H3/t25-,30?,34-,35-/m1/s1. The lowest BCUT2D eigenvalue weighted by Gasteiger charge is -2.56. The molecule has 258 valence electrons. The van der Waals surface area contributed by atoms with E-state index in [-0.39, 0.29) is 36.0 Å².